The van der Waals surface area contributed by atoms with Gasteiger partial charge in [-0.3, -0.25) is 0 Å². The molecule has 0 saturated carbocycles. The molecule has 1 fully saturated rings. The SMILES string of the molecule is OC(COCC1CO1)COCC(F)(F)C(F)F. The zero-order chi connectivity index (χ0) is 12.9. The largest absolute Gasteiger partial charge is 0.388 e. The molecule has 102 valence electrons. The van der Waals surface area contributed by atoms with Crippen molar-refractivity contribution < 1.29 is 36.9 Å². The standard InChI is InChI=1S/C9H14F4O4/c10-8(11)9(12,13)5-16-2-6(14)1-15-3-7-4-17-7/h6-8,14H,1-5H2. The summed E-state index contributed by atoms with van der Waals surface area (Å²) < 4.78 is 62.2. The molecular formula is C9H14F4O4. The molecule has 0 spiro atoms. The Morgan fingerprint density at radius 1 is 1.29 bits per heavy atom. The lowest BCUT2D eigenvalue weighted by Gasteiger charge is -2.17. The van der Waals surface area contributed by atoms with Crippen molar-refractivity contribution in [1.82, 2.24) is 0 Å². The lowest BCUT2D eigenvalue weighted by atomic mass is 10.3. The second-order valence-corrected chi connectivity index (χ2v) is 3.72. The first-order chi connectivity index (χ1) is 7.92. The average molecular weight is 262 g/mol. The summed E-state index contributed by atoms with van der Waals surface area (Å²) in [4.78, 5) is 0. The molecule has 2 unspecified atom stereocenters. The van der Waals surface area contributed by atoms with Gasteiger partial charge in [-0.1, -0.05) is 0 Å². The van der Waals surface area contributed by atoms with Gasteiger partial charge in [-0.25, -0.2) is 8.78 Å². The minimum atomic E-state index is -4.19. The highest BCUT2D eigenvalue weighted by Crippen LogP contribution is 2.22. The van der Waals surface area contributed by atoms with Gasteiger partial charge in [0.25, 0.3) is 0 Å². The normalized spacial score (nSPS) is 21.9. The second-order valence-electron chi connectivity index (χ2n) is 3.72. The van der Waals surface area contributed by atoms with Crippen LogP contribution in [0.5, 0.6) is 0 Å². The highest BCUT2D eigenvalue weighted by molar-refractivity contribution is 4.69. The average Bonchev–Trinajstić information content (AvgIpc) is 3.01. The number of alkyl halides is 4. The van der Waals surface area contributed by atoms with Gasteiger partial charge in [0.15, 0.2) is 0 Å². The molecule has 0 aromatic heterocycles. The van der Waals surface area contributed by atoms with Gasteiger partial charge in [0.1, 0.15) is 18.8 Å². The van der Waals surface area contributed by atoms with Gasteiger partial charge in [0.2, 0.25) is 0 Å². The van der Waals surface area contributed by atoms with Crippen molar-refractivity contribution >= 4 is 0 Å². The van der Waals surface area contributed by atoms with Crippen molar-refractivity contribution in [2.45, 2.75) is 24.6 Å². The molecule has 1 rings (SSSR count). The third-order valence-electron chi connectivity index (χ3n) is 1.94. The van der Waals surface area contributed by atoms with Crippen molar-refractivity contribution in [3.05, 3.63) is 0 Å². The molecule has 4 nitrogen and oxygen atoms in total. The van der Waals surface area contributed by atoms with Crippen molar-refractivity contribution in [1.29, 1.82) is 0 Å². The van der Waals surface area contributed by atoms with E-state index in [0.29, 0.717) is 13.2 Å². The monoisotopic (exact) mass is 262 g/mol. The second kappa shape index (κ2) is 6.48. The Morgan fingerprint density at radius 2 is 1.88 bits per heavy atom. The minimum absolute atomic E-state index is 0.0336. The summed E-state index contributed by atoms with van der Waals surface area (Å²) in [6, 6.07) is 0. The van der Waals surface area contributed by atoms with Gasteiger partial charge in [-0.2, -0.15) is 8.78 Å². The van der Waals surface area contributed by atoms with Gasteiger partial charge in [0, 0.05) is 0 Å². The fourth-order valence-electron chi connectivity index (χ4n) is 0.942. The molecule has 17 heavy (non-hydrogen) atoms. The Morgan fingerprint density at radius 3 is 2.41 bits per heavy atom. The van der Waals surface area contributed by atoms with Crippen LogP contribution in [0.4, 0.5) is 17.6 Å². The van der Waals surface area contributed by atoms with Crippen LogP contribution in [0.25, 0.3) is 0 Å². The lowest BCUT2D eigenvalue weighted by molar-refractivity contribution is -0.172. The number of aliphatic hydroxyl groups excluding tert-OH is 1. The smallest absolute Gasteiger partial charge is 0.330 e. The predicted octanol–water partition coefficient (Wildman–Crippen LogP) is 0.680. The molecule has 0 aromatic carbocycles. The lowest BCUT2D eigenvalue weighted by Crippen LogP contribution is -2.34. The highest BCUT2D eigenvalue weighted by atomic mass is 19.3. The van der Waals surface area contributed by atoms with Crippen molar-refractivity contribution in [2.75, 3.05) is 33.0 Å². The Labute approximate surface area is 95.4 Å². The molecule has 2 atom stereocenters. The number of halogens is 4. The van der Waals surface area contributed by atoms with Crippen LogP contribution >= 0.6 is 0 Å². The minimum Gasteiger partial charge on any atom is -0.388 e. The van der Waals surface area contributed by atoms with Crippen LogP contribution in [-0.2, 0) is 14.2 Å². The molecule has 0 amide bonds. The molecule has 1 heterocycles. The third kappa shape index (κ3) is 6.16. The first kappa shape index (κ1) is 14.6. The van der Waals surface area contributed by atoms with Gasteiger partial charge >= 0.3 is 12.3 Å². The number of aliphatic hydroxyl groups is 1. The van der Waals surface area contributed by atoms with Crippen LogP contribution in [0.3, 0.4) is 0 Å². The summed E-state index contributed by atoms with van der Waals surface area (Å²) in [7, 11) is 0. The first-order valence-electron chi connectivity index (χ1n) is 5.03. The Kier molecular flexibility index (Phi) is 5.57. The summed E-state index contributed by atoms with van der Waals surface area (Å²) in [6.07, 6.45) is -4.86. The van der Waals surface area contributed by atoms with E-state index in [1.807, 2.05) is 0 Å². The fourth-order valence-corrected chi connectivity index (χ4v) is 0.942. The maximum Gasteiger partial charge on any atom is 0.330 e. The van der Waals surface area contributed by atoms with E-state index in [1.54, 1.807) is 0 Å². The third-order valence-corrected chi connectivity index (χ3v) is 1.94. The van der Waals surface area contributed by atoms with E-state index < -0.39 is 31.7 Å². The van der Waals surface area contributed by atoms with E-state index in [-0.39, 0.29) is 12.7 Å². The molecule has 1 saturated heterocycles. The molecule has 1 aliphatic heterocycles. The van der Waals surface area contributed by atoms with Crippen molar-refractivity contribution in [3.8, 4) is 0 Å². The van der Waals surface area contributed by atoms with Crippen molar-refractivity contribution in [2.24, 2.45) is 0 Å². The van der Waals surface area contributed by atoms with Crippen molar-refractivity contribution in [3.63, 3.8) is 0 Å². The van der Waals surface area contributed by atoms with Crippen LogP contribution < -0.4 is 0 Å². The Hall–Kier alpha value is -0.440. The van der Waals surface area contributed by atoms with E-state index in [9.17, 15) is 22.7 Å². The van der Waals surface area contributed by atoms with Crippen LogP contribution in [0.1, 0.15) is 0 Å². The number of epoxide rings is 1. The highest BCUT2D eigenvalue weighted by Gasteiger charge is 2.41. The summed E-state index contributed by atoms with van der Waals surface area (Å²) in [5.41, 5.74) is 0. The van der Waals surface area contributed by atoms with E-state index in [2.05, 4.69) is 4.74 Å². The summed E-state index contributed by atoms with van der Waals surface area (Å²) in [5.74, 6) is -4.19. The van der Waals surface area contributed by atoms with E-state index in [4.69, 9.17) is 9.47 Å². The quantitative estimate of drug-likeness (QED) is 0.490. The molecule has 8 heteroatoms. The van der Waals surface area contributed by atoms with Gasteiger partial charge in [-0.15, -0.1) is 0 Å². The maximum absolute atomic E-state index is 12.4. The Balaban J connectivity index is 2.00. The predicted molar refractivity (Wildman–Crippen MR) is 48.3 cm³/mol. The number of hydrogen-bond donors (Lipinski definition) is 1. The topological polar surface area (TPSA) is 51.2 Å². The van der Waals surface area contributed by atoms with Gasteiger partial charge < -0.3 is 19.3 Å². The number of rotatable bonds is 9. The molecule has 1 aliphatic rings. The molecular weight excluding hydrogens is 248 g/mol. The van der Waals surface area contributed by atoms with Crippen LogP contribution in [0.15, 0.2) is 0 Å². The first-order valence-corrected chi connectivity index (χ1v) is 5.03. The number of hydrogen-bond acceptors (Lipinski definition) is 4. The van der Waals surface area contributed by atoms with Gasteiger partial charge in [-0.05, 0) is 0 Å². The summed E-state index contributed by atoms with van der Waals surface area (Å²) in [5, 5.41) is 9.19. The van der Waals surface area contributed by atoms with E-state index in [0.717, 1.165) is 0 Å². The van der Waals surface area contributed by atoms with Crippen LogP contribution in [-0.4, -0.2) is 62.7 Å². The zero-order valence-electron chi connectivity index (χ0n) is 8.95. The molecule has 0 radical (unpaired) electrons. The molecule has 0 aliphatic carbocycles. The molecule has 0 bridgehead atoms. The molecule has 0 aromatic rings. The summed E-state index contributed by atoms with van der Waals surface area (Å²) >= 11 is 0. The molecule has 1 N–H and O–H groups in total. The van der Waals surface area contributed by atoms with E-state index in [1.165, 1.54) is 0 Å². The van der Waals surface area contributed by atoms with Crippen LogP contribution in [0, 0.1) is 0 Å². The zero-order valence-corrected chi connectivity index (χ0v) is 8.95. The van der Waals surface area contributed by atoms with Gasteiger partial charge in [0.05, 0.1) is 26.4 Å². The fraction of sp³-hybridized carbons (Fsp3) is 1.00. The van der Waals surface area contributed by atoms with Crippen LogP contribution in [0.2, 0.25) is 0 Å². The Bertz CT molecular complexity index is 223. The summed E-state index contributed by atoms with van der Waals surface area (Å²) in [6.45, 7) is -1.10. The number of ether oxygens (including phenoxy) is 3. The van der Waals surface area contributed by atoms with E-state index >= 15 is 0 Å². The maximum atomic E-state index is 12.4.